The van der Waals surface area contributed by atoms with E-state index in [4.69, 9.17) is 10.5 Å². The van der Waals surface area contributed by atoms with Crippen LogP contribution in [0.5, 0.6) is 5.75 Å². The summed E-state index contributed by atoms with van der Waals surface area (Å²) in [5.74, 6) is -10.2. The third kappa shape index (κ3) is 3.21. The number of benzene rings is 1. The minimum Gasteiger partial charge on any atom is -0.511 e. The highest BCUT2D eigenvalue weighted by atomic mass is 16.5. The van der Waals surface area contributed by atoms with Crippen molar-refractivity contribution in [3.05, 3.63) is 45.9 Å². The van der Waals surface area contributed by atoms with Gasteiger partial charge in [0.1, 0.15) is 23.2 Å². The summed E-state index contributed by atoms with van der Waals surface area (Å²) in [5.41, 5.74) is 0.760. The number of primary amides is 1. The van der Waals surface area contributed by atoms with Crippen LogP contribution in [0.1, 0.15) is 48.5 Å². The molecule has 3 aliphatic rings. The summed E-state index contributed by atoms with van der Waals surface area (Å²) in [6, 6.07) is 2.84. The topological polar surface area (TPSA) is 214 Å². The molecule has 0 unspecified atom stereocenters. The molecule has 0 fully saturated rings. The van der Waals surface area contributed by atoms with E-state index < -0.39 is 87.7 Å². The van der Waals surface area contributed by atoms with E-state index >= 15 is 0 Å². The second-order valence-corrected chi connectivity index (χ2v) is 8.99. The summed E-state index contributed by atoms with van der Waals surface area (Å²) in [6.07, 6.45) is -1.76. The van der Waals surface area contributed by atoms with Gasteiger partial charge in [0.2, 0.25) is 12.2 Å². The zero-order chi connectivity index (χ0) is 26.7. The first kappa shape index (κ1) is 24.9. The highest BCUT2D eigenvalue weighted by Gasteiger charge is 2.65. The Morgan fingerprint density at radius 2 is 1.92 bits per heavy atom. The molecule has 0 heterocycles. The Morgan fingerprint density at radius 1 is 1.25 bits per heavy atom. The maximum atomic E-state index is 13.7. The van der Waals surface area contributed by atoms with Crippen molar-refractivity contribution in [1.29, 1.82) is 0 Å². The highest BCUT2D eigenvalue weighted by Crippen LogP contribution is 2.56. The number of aliphatic hydroxyl groups excluding tert-OH is 2. The molecule has 0 spiro atoms. The number of phenolic OH excluding ortho intramolecular Hbond substituents is 1. The SMILES string of the molecule is CCC(=O)O[C@H]1[C@H]2C(=C(O)[C@]3(O)C(=O)C(C(N)=O)=C(O)C[C@H]13)C(=O)c1c(ccc(NC=O)c1O)[C@@H]2C. The van der Waals surface area contributed by atoms with Crippen molar-refractivity contribution in [3.8, 4) is 5.75 Å². The first-order chi connectivity index (χ1) is 16.9. The number of hydrogen-bond donors (Lipinski definition) is 6. The van der Waals surface area contributed by atoms with Gasteiger partial charge in [-0.15, -0.1) is 0 Å². The van der Waals surface area contributed by atoms with Crippen LogP contribution in [0.15, 0.2) is 34.8 Å². The van der Waals surface area contributed by atoms with Gasteiger partial charge in [0, 0.05) is 30.3 Å². The van der Waals surface area contributed by atoms with Crippen LogP contribution >= 0.6 is 0 Å². The van der Waals surface area contributed by atoms with Crippen LogP contribution in [0.4, 0.5) is 5.69 Å². The van der Waals surface area contributed by atoms with E-state index in [1.807, 2.05) is 0 Å². The molecule has 0 saturated carbocycles. The van der Waals surface area contributed by atoms with Gasteiger partial charge in [0.05, 0.1) is 11.3 Å². The molecule has 1 aromatic rings. The summed E-state index contributed by atoms with van der Waals surface area (Å²) >= 11 is 0. The van der Waals surface area contributed by atoms with Crippen molar-refractivity contribution in [2.24, 2.45) is 17.6 Å². The van der Waals surface area contributed by atoms with Crippen molar-refractivity contribution >= 4 is 35.5 Å². The van der Waals surface area contributed by atoms with Crippen molar-refractivity contribution in [2.75, 3.05) is 5.32 Å². The van der Waals surface area contributed by atoms with Crippen molar-refractivity contribution in [1.82, 2.24) is 0 Å². The number of esters is 1. The quantitative estimate of drug-likeness (QED) is 0.144. The number of nitrogens with two attached hydrogens (primary N) is 1. The highest BCUT2D eigenvalue weighted by molar-refractivity contribution is 6.24. The number of ether oxygens (including phenoxy) is 1. The van der Waals surface area contributed by atoms with E-state index in [9.17, 15) is 44.4 Å². The third-order valence-electron chi connectivity index (χ3n) is 7.24. The van der Waals surface area contributed by atoms with Crippen LogP contribution in [0.2, 0.25) is 0 Å². The molecule has 12 heteroatoms. The summed E-state index contributed by atoms with van der Waals surface area (Å²) in [4.78, 5) is 62.1. The van der Waals surface area contributed by atoms with E-state index in [0.29, 0.717) is 5.56 Å². The molecule has 4 rings (SSSR count). The number of allylic oxidation sites excluding steroid dienone is 1. The summed E-state index contributed by atoms with van der Waals surface area (Å²) in [6.45, 7) is 3.13. The Bertz CT molecular complexity index is 1300. The number of hydrogen-bond acceptors (Lipinski definition) is 10. The lowest BCUT2D eigenvalue weighted by atomic mass is 9.56. The van der Waals surface area contributed by atoms with Gasteiger partial charge in [0.15, 0.2) is 17.1 Å². The van der Waals surface area contributed by atoms with E-state index in [1.165, 1.54) is 19.1 Å². The Labute approximate surface area is 204 Å². The fourth-order valence-corrected chi connectivity index (χ4v) is 5.53. The largest absolute Gasteiger partial charge is 0.511 e. The van der Waals surface area contributed by atoms with Gasteiger partial charge >= 0.3 is 5.97 Å². The molecule has 0 saturated heterocycles. The summed E-state index contributed by atoms with van der Waals surface area (Å²) in [7, 11) is 0. The Hall–Kier alpha value is -4.19. The van der Waals surface area contributed by atoms with Crippen molar-refractivity contribution in [2.45, 2.75) is 44.3 Å². The lowest BCUT2D eigenvalue weighted by molar-refractivity contribution is -0.174. The van der Waals surface area contributed by atoms with Gasteiger partial charge in [-0.1, -0.05) is 19.9 Å². The van der Waals surface area contributed by atoms with E-state index in [-0.39, 0.29) is 24.1 Å². The van der Waals surface area contributed by atoms with Crippen LogP contribution in [-0.4, -0.2) is 62.0 Å². The zero-order valence-electron chi connectivity index (χ0n) is 19.3. The fourth-order valence-electron chi connectivity index (χ4n) is 5.53. The predicted octanol–water partition coefficient (Wildman–Crippen LogP) is 0.641. The molecule has 1 aromatic carbocycles. The molecule has 7 N–H and O–H groups in total. The number of aliphatic hydroxyl groups is 3. The molecule has 0 aromatic heterocycles. The molecule has 2 amide bonds. The van der Waals surface area contributed by atoms with Crippen molar-refractivity contribution < 1.29 is 49.1 Å². The van der Waals surface area contributed by atoms with Crippen LogP contribution < -0.4 is 11.1 Å². The Kier molecular flexibility index (Phi) is 5.87. The maximum Gasteiger partial charge on any atom is 0.305 e. The number of anilines is 1. The predicted molar refractivity (Wildman–Crippen MR) is 121 cm³/mol. The third-order valence-corrected chi connectivity index (χ3v) is 7.24. The Morgan fingerprint density at radius 3 is 2.50 bits per heavy atom. The van der Waals surface area contributed by atoms with E-state index in [0.717, 1.165) is 0 Å². The molecule has 3 aliphatic carbocycles. The number of phenols is 1. The molecule has 5 atom stereocenters. The number of carbonyl (C=O) groups excluding carboxylic acids is 5. The van der Waals surface area contributed by atoms with Crippen molar-refractivity contribution in [3.63, 3.8) is 0 Å². The maximum absolute atomic E-state index is 13.7. The van der Waals surface area contributed by atoms with Gasteiger partial charge in [-0.3, -0.25) is 24.0 Å². The standard InChI is InChI=1S/C24H24N2O10/c1-3-13(29)36-20-10-6-12(28)16(23(25)34)21(32)24(10,35)22(33)17-14(20)8(2)9-4-5-11(26-7-27)18(30)15(9)19(17)31/h4-5,7-8,10,14,20,28,30,33,35H,3,6H2,1-2H3,(H2,25,34)(H,26,27)/t8-,10+,14+,20+,24+/m0/s1. The molecule has 0 bridgehead atoms. The first-order valence-corrected chi connectivity index (χ1v) is 11.1. The minimum atomic E-state index is -2.93. The number of nitrogens with one attached hydrogen (secondary N) is 1. The van der Waals surface area contributed by atoms with Gasteiger partial charge in [0.25, 0.3) is 5.91 Å². The van der Waals surface area contributed by atoms with Gasteiger partial charge < -0.3 is 36.2 Å². The molecular formula is C24H24N2O10. The second kappa shape index (κ2) is 8.48. The number of fused-ring (bicyclic) bond motifs is 3. The smallest absolute Gasteiger partial charge is 0.305 e. The molecule has 190 valence electrons. The summed E-state index contributed by atoms with van der Waals surface area (Å²) < 4.78 is 5.59. The lowest BCUT2D eigenvalue weighted by Gasteiger charge is -2.51. The lowest BCUT2D eigenvalue weighted by Crippen LogP contribution is -2.63. The van der Waals surface area contributed by atoms with Gasteiger partial charge in [-0.25, -0.2) is 0 Å². The number of carbonyl (C=O) groups is 5. The van der Waals surface area contributed by atoms with Crippen LogP contribution in [0.25, 0.3) is 0 Å². The number of aromatic hydroxyl groups is 1. The summed E-state index contributed by atoms with van der Waals surface area (Å²) in [5, 5.41) is 46.2. The number of rotatable bonds is 5. The molecule has 0 radical (unpaired) electrons. The molecule has 36 heavy (non-hydrogen) atoms. The molecular weight excluding hydrogens is 476 g/mol. The average Bonchev–Trinajstić information content (AvgIpc) is 2.82. The van der Waals surface area contributed by atoms with Gasteiger partial charge in [-0.2, -0.15) is 0 Å². The second-order valence-electron chi connectivity index (χ2n) is 8.99. The normalized spacial score (nSPS) is 29.2. The van der Waals surface area contributed by atoms with E-state index in [1.54, 1.807) is 6.92 Å². The van der Waals surface area contributed by atoms with Crippen LogP contribution in [0.3, 0.4) is 0 Å². The van der Waals surface area contributed by atoms with Crippen LogP contribution in [-0.2, 0) is 23.9 Å². The average molecular weight is 500 g/mol. The monoisotopic (exact) mass is 500 g/mol. The zero-order valence-corrected chi connectivity index (χ0v) is 19.3. The first-order valence-electron chi connectivity index (χ1n) is 11.1. The minimum absolute atomic E-state index is 0.0951. The number of ketones is 2. The number of Topliss-reactive ketones (excluding diaryl/α,β-unsaturated/α-hetero) is 2. The van der Waals surface area contributed by atoms with E-state index in [2.05, 4.69) is 5.32 Å². The molecule has 0 aliphatic heterocycles. The fraction of sp³-hybridized carbons (Fsp3) is 0.375. The van der Waals surface area contributed by atoms with Crippen LogP contribution in [0, 0.1) is 11.8 Å². The number of amides is 2. The van der Waals surface area contributed by atoms with Gasteiger partial charge in [-0.05, 0) is 17.5 Å². The Balaban J connectivity index is 2.02. The molecule has 12 nitrogen and oxygen atoms in total.